The van der Waals surface area contributed by atoms with Crippen molar-refractivity contribution in [3.63, 3.8) is 0 Å². The third-order valence-electron chi connectivity index (χ3n) is 4.04. The van der Waals surface area contributed by atoms with E-state index in [1.165, 1.54) is 19.3 Å². The second-order valence-corrected chi connectivity index (χ2v) is 5.77. The number of carbonyl (C=O) groups is 1. The van der Waals surface area contributed by atoms with E-state index < -0.39 is 0 Å². The molecule has 0 aromatic carbocycles. The fourth-order valence-electron chi connectivity index (χ4n) is 2.23. The quantitative estimate of drug-likeness (QED) is 0.389. The van der Waals surface area contributed by atoms with Gasteiger partial charge in [0.25, 0.3) is 0 Å². The van der Waals surface area contributed by atoms with Crippen LogP contribution in [0.15, 0.2) is 29.4 Å². The molecule has 23 heavy (non-hydrogen) atoms. The number of pyridine rings is 1. The number of aromatic nitrogens is 1. The molecule has 1 aromatic heterocycles. The van der Waals surface area contributed by atoms with Gasteiger partial charge in [-0.25, -0.2) is 4.99 Å². The molecule has 1 heterocycles. The van der Waals surface area contributed by atoms with Crippen LogP contribution in [0.5, 0.6) is 0 Å². The van der Waals surface area contributed by atoms with Crippen LogP contribution in [0, 0.1) is 5.92 Å². The van der Waals surface area contributed by atoms with Gasteiger partial charge in [0.05, 0.1) is 0 Å². The number of carbonyl (C=O) groups excluding carboxylic acids is 1. The highest BCUT2D eigenvalue weighted by atomic mass is 127. The molecule has 2 rings (SSSR count). The number of amides is 1. The molecule has 1 saturated carbocycles. The number of hydrogen-bond donors (Lipinski definition) is 2. The number of aliphatic imine (C=N–C) groups is 1. The summed E-state index contributed by atoms with van der Waals surface area (Å²) in [6.45, 7) is 1.57. The first-order valence-corrected chi connectivity index (χ1v) is 7.83. The molecule has 0 atom stereocenters. The molecule has 0 bridgehead atoms. The van der Waals surface area contributed by atoms with Gasteiger partial charge in [0, 0.05) is 38.4 Å². The minimum Gasteiger partial charge on any atom is -0.370 e. The first kappa shape index (κ1) is 19.7. The number of hydrogen-bond acceptors (Lipinski definition) is 3. The highest BCUT2D eigenvalue weighted by Crippen LogP contribution is 2.24. The van der Waals surface area contributed by atoms with Crippen LogP contribution in [-0.2, 0) is 11.2 Å². The average molecular weight is 431 g/mol. The van der Waals surface area contributed by atoms with Crippen molar-refractivity contribution in [2.75, 3.05) is 26.7 Å². The fraction of sp³-hybridized carbons (Fsp3) is 0.562. The lowest BCUT2D eigenvalue weighted by atomic mass is 9.85. The van der Waals surface area contributed by atoms with E-state index in [1.54, 1.807) is 18.1 Å². The van der Waals surface area contributed by atoms with E-state index in [4.69, 9.17) is 5.73 Å². The SMILES string of the molecule is CN(CCc1ccccn1)C(=O)CN=C(N)NCC1CCC1.I. The summed E-state index contributed by atoms with van der Waals surface area (Å²) in [7, 11) is 1.78. The van der Waals surface area contributed by atoms with Gasteiger partial charge in [0.15, 0.2) is 5.96 Å². The summed E-state index contributed by atoms with van der Waals surface area (Å²) in [6, 6.07) is 5.79. The minimum absolute atomic E-state index is 0. The molecule has 1 fully saturated rings. The molecule has 7 heteroatoms. The molecule has 0 spiro atoms. The van der Waals surface area contributed by atoms with Crippen LogP contribution in [0.2, 0.25) is 0 Å². The summed E-state index contributed by atoms with van der Waals surface area (Å²) in [4.78, 5) is 22.0. The number of nitrogens with zero attached hydrogens (tertiary/aromatic N) is 3. The summed E-state index contributed by atoms with van der Waals surface area (Å²) in [5, 5.41) is 3.08. The van der Waals surface area contributed by atoms with E-state index in [0.717, 1.165) is 18.7 Å². The van der Waals surface area contributed by atoms with Crippen molar-refractivity contribution < 1.29 is 4.79 Å². The molecule has 1 aliphatic carbocycles. The van der Waals surface area contributed by atoms with Gasteiger partial charge >= 0.3 is 0 Å². The van der Waals surface area contributed by atoms with Crippen LogP contribution < -0.4 is 11.1 Å². The van der Waals surface area contributed by atoms with Gasteiger partial charge in [-0.1, -0.05) is 12.5 Å². The lowest BCUT2D eigenvalue weighted by Gasteiger charge is -2.25. The molecular weight excluding hydrogens is 405 g/mol. The zero-order chi connectivity index (χ0) is 15.8. The maximum atomic E-state index is 12.0. The van der Waals surface area contributed by atoms with Gasteiger partial charge in [-0.3, -0.25) is 9.78 Å². The van der Waals surface area contributed by atoms with Crippen LogP contribution in [0.1, 0.15) is 25.0 Å². The van der Waals surface area contributed by atoms with Crippen molar-refractivity contribution in [2.45, 2.75) is 25.7 Å². The molecule has 0 unspecified atom stereocenters. The predicted octanol–water partition coefficient (Wildman–Crippen LogP) is 1.40. The number of rotatable bonds is 7. The standard InChI is InChI=1S/C16H25N5O.HI/c1-21(10-8-14-7-2-3-9-18-14)15(22)12-20-16(17)19-11-13-5-4-6-13;/h2-3,7,9,13H,4-6,8,10-12H2,1H3,(H3,17,19,20);1H. The Bertz CT molecular complexity index is 504. The normalized spacial score (nSPS) is 14.6. The number of guanidine groups is 1. The smallest absolute Gasteiger partial charge is 0.244 e. The van der Waals surface area contributed by atoms with Gasteiger partial charge in [-0.2, -0.15) is 0 Å². The molecular formula is C16H26IN5O. The van der Waals surface area contributed by atoms with Gasteiger partial charge in [0.1, 0.15) is 6.54 Å². The van der Waals surface area contributed by atoms with Crippen molar-refractivity contribution in [1.82, 2.24) is 15.2 Å². The molecule has 6 nitrogen and oxygen atoms in total. The number of nitrogens with two attached hydrogens (primary N) is 1. The van der Waals surface area contributed by atoms with E-state index in [1.807, 2.05) is 18.2 Å². The first-order chi connectivity index (χ1) is 10.6. The molecule has 128 valence electrons. The largest absolute Gasteiger partial charge is 0.370 e. The molecule has 1 aliphatic rings. The van der Waals surface area contributed by atoms with Crippen molar-refractivity contribution >= 4 is 35.8 Å². The Balaban J connectivity index is 0.00000264. The lowest BCUT2D eigenvalue weighted by Crippen LogP contribution is -2.38. The second-order valence-electron chi connectivity index (χ2n) is 5.77. The van der Waals surface area contributed by atoms with Crippen LogP contribution >= 0.6 is 24.0 Å². The fourth-order valence-corrected chi connectivity index (χ4v) is 2.23. The van der Waals surface area contributed by atoms with Crippen molar-refractivity contribution in [3.05, 3.63) is 30.1 Å². The summed E-state index contributed by atoms with van der Waals surface area (Å²) >= 11 is 0. The molecule has 1 aromatic rings. The Morgan fingerprint density at radius 2 is 2.26 bits per heavy atom. The molecule has 0 saturated heterocycles. The number of halogens is 1. The Morgan fingerprint density at radius 3 is 2.87 bits per heavy atom. The van der Waals surface area contributed by atoms with Gasteiger partial charge in [-0.15, -0.1) is 24.0 Å². The summed E-state index contributed by atoms with van der Waals surface area (Å²) in [5.41, 5.74) is 6.75. The zero-order valence-corrected chi connectivity index (χ0v) is 15.9. The topological polar surface area (TPSA) is 83.6 Å². The maximum Gasteiger partial charge on any atom is 0.244 e. The van der Waals surface area contributed by atoms with E-state index in [9.17, 15) is 4.79 Å². The van der Waals surface area contributed by atoms with E-state index >= 15 is 0 Å². The third kappa shape index (κ3) is 7.15. The van der Waals surface area contributed by atoms with Gasteiger partial charge in [0.2, 0.25) is 5.91 Å². The lowest BCUT2D eigenvalue weighted by molar-refractivity contribution is -0.128. The number of likely N-dealkylation sites (N-methyl/N-ethyl adjacent to an activating group) is 1. The van der Waals surface area contributed by atoms with Crippen LogP contribution in [0.4, 0.5) is 0 Å². The van der Waals surface area contributed by atoms with Crippen molar-refractivity contribution in [3.8, 4) is 0 Å². The Hall–Kier alpha value is -1.38. The highest BCUT2D eigenvalue weighted by Gasteiger charge is 2.17. The van der Waals surface area contributed by atoms with Gasteiger partial charge < -0.3 is 16.0 Å². The summed E-state index contributed by atoms with van der Waals surface area (Å²) < 4.78 is 0. The summed E-state index contributed by atoms with van der Waals surface area (Å²) in [5.74, 6) is 1.04. The second kappa shape index (κ2) is 10.4. The van der Waals surface area contributed by atoms with Crippen molar-refractivity contribution in [2.24, 2.45) is 16.6 Å². The van der Waals surface area contributed by atoms with Crippen LogP contribution in [0.3, 0.4) is 0 Å². The highest BCUT2D eigenvalue weighted by molar-refractivity contribution is 14.0. The van der Waals surface area contributed by atoms with Crippen molar-refractivity contribution in [1.29, 1.82) is 0 Å². The van der Waals surface area contributed by atoms with Crippen LogP contribution in [0.25, 0.3) is 0 Å². The van der Waals surface area contributed by atoms with Gasteiger partial charge in [-0.05, 0) is 30.9 Å². The monoisotopic (exact) mass is 431 g/mol. The third-order valence-corrected chi connectivity index (χ3v) is 4.04. The predicted molar refractivity (Wildman–Crippen MR) is 103 cm³/mol. The minimum atomic E-state index is -0.0377. The summed E-state index contributed by atoms with van der Waals surface area (Å²) in [6.07, 6.45) is 6.33. The first-order valence-electron chi connectivity index (χ1n) is 7.83. The van der Waals surface area contributed by atoms with E-state index in [0.29, 0.717) is 18.4 Å². The molecule has 1 amide bonds. The van der Waals surface area contributed by atoms with E-state index in [2.05, 4.69) is 15.3 Å². The van der Waals surface area contributed by atoms with Crippen LogP contribution in [-0.4, -0.2) is 48.4 Å². The molecule has 0 radical (unpaired) electrons. The molecule has 0 aliphatic heterocycles. The average Bonchev–Trinajstić information content (AvgIpc) is 2.49. The Labute approximate surface area is 155 Å². The Morgan fingerprint density at radius 1 is 1.48 bits per heavy atom. The Kier molecular flexibility index (Phi) is 8.90. The number of nitrogens with one attached hydrogen (secondary N) is 1. The van der Waals surface area contributed by atoms with E-state index in [-0.39, 0.29) is 36.4 Å². The maximum absolute atomic E-state index is 12.0. The zero-order valence-electron chi connectivity index (χ0n) is 13.6. The molecule has 3 N–H and O–H groups in total.